The summed E-state index contributed by atoms with van der Waals surface area (Å²) < 4.78 is 2.13. The van der Waals surface area contributed by atoms with Gasteiger partial charge >= 0.3 is 0 Å². The zero-order valence-electron chi connectivity index (χ0n) is 15.6. The van der Waals surface area contributed by atoms with Gasteiger partial charge in [-0.3, -0.25) is 4.79 Å². The molecule has 0 bridgehead atoms. The van der Waals surface area contributed by atoms with Gasteiger partial charge in [0.25, 0.3) is 0 Å². The lowest BCUT2D eigenvalue weighted by atomic mass is 10.1. The minimum Gasteiger partial charge on any atom is -1.00 e. The van der Waals surface area contributed by atoms with Crippen LogP contribution in [0.15, 0.2) is 59.1 Å². The number of piperidine rings is 1. The Hall–Kier alpha value is -1.18. The molecule has 1 fully saturated rings. The maximum atomic E-state index is 12.1. The number of quaternary nitrogens is 1. The number of carbonyl (C=O) groups is 1. The molecule has 0 aromatic heterocycles. The fourth-order valence-corrected chi connectivity index (χ4v) is 3.95. The average Bonchev–Trinajstić information content (AvgIpc) is 2.62. The van der Waals surface area contributed by atoms with Crippen molar-refractivity contribution in [1.82, 2.24) is 0 Å². The minimum absolute atomic E-state index is 0. The molecule has 0 aliphatic carbocycles. The van der Waals surface area contributed by atoms with Crippen LogP contribution in [0, 0.1) is 0 Å². The number of anilines is 1. The molecule has 3 rings (SSSR count). The Morgan fingerprint density at radius 1 is 1.11 bits per heavy atom. The highest BCUT2D eigenvalue weighted by molar-refractivity contribution is 9.10. The van der Waals surface area contributed by atoms with Crippen LogP contribution >= 0.6 is 15.9 Å². The van der Waals surface area contributed by atoms with Crippen molar-refractivity contribution in [2.75, 3.05) is 25.5 Å². The Morgan fingerprint density at radius 2 is 1.81 bits per heavy atom. The molecule has 0 spiro atoms. The second kappa shape index (κ2) is 10.4. The number of nitrogens with zero attached hydrogens (tertiary/aromatic N) is 1. The maximum absolute atomic E-state index is 12.1. The molecule has 1 heterocycles. The van der Waals surface area contributed by atoms with Crippen molar-refractivity contribution in [1.29, 1.82) is 0 Å². The molecule has 1 amide bonds. The maximum Gasteiger partial charge on any atom is 0.248 e. The van der Waals surface area contributed by atoms with Crippen molar-refractivity contribution in [2.24, 2.45) is 0 Å². The summed E-state index contributed by atoms with van der Waals surface area (Å²) in [4.78, 5) is 12.1. The van der Waals surface area contributed by atoms with Crippen LogP contribution < -0.4 is 29.3 Å². The molecule has 0 atom stereocenters. The highest BCUT2D eigenvalue weighted by Gasteiger charge is 2.24. The Labute approximate surface area is 187 Å². The third-order valence-corrected chi connectivity index (χ3v) is 5.45. The van der Waals surface area contributed by atoms with Crippen LogP contribution in [0.5, 0.6) is 0 Å². The first-order valence-electron chi connectivity index (χ1n) is 9.20. The van der Waals surface area contributed by atoms with Gasteiger partial charge in [0.2, 0.25) is 5.91 Å². The van der Waals surface area contributed by atoms with Crippen LogP contribution in [0.2, 0.25) is 0 Å². The van der Waals surface area contributed by atoms with Crippen molar-refractivity contribution >= 4 is 33.6 Å². The lowest BCUT2D eigenvalue weighted by Crippen LogP contribution is -3.00. The normalized spacial score (nSPS) is 15.9. The molecule has 27 heavy (non-hydrogen) atoms. The van der Waals surface area contributed by atoms with Crippen molar-refractivity contribution in [3.63, 3.8) is 0 Å². The lowest BCUT2D eigenvalue weighted by molar-refractivity contribution is -0.926. The SMILES string of the molecule is C[N+]1(Cc2ccc(NC(=O)C=Cc3cccc(Br)c3)cc2)CCCCC1.[I-]. The molecule has 144 valence electrons. The zero-order valence-corrected chi connectivity index (χ0v) is 19.4. The predicted molar refractivity (Wildman–Crippen MR) is 112 cm³/mol. The standard InChI is InChI=1S/C22H25BrN2O.HI/c1-25(14-3-2-4-15-25)17-19-8-11-21(12-9-19)24-22(26)13-10-18-6-5-7-20(23)16-18;/h5-13,16H,2-4,14-15,17H2,1H3;1H. The summed E-state index contributed by atoms with van der Waals surface area (Å²) in [6.07, 6.45) is 7.40. The van der Waals surface area contributed by atoms with Gasteiger partial charge in [0, 0.05) is 21.8 Å². The van der Waals surface area contributed by atoms with E-state index in [1.54, 1.807) is 6.08 Å². The Morgan fingerprint density at radius 3 is 2.48 bits per heavy atom. The number of rotatable bonds is 5. The van der Waals surface area contributed by atoms with E-state index in [1.807, 2.05) is 42.5 Å². The summed E-state index contributed by atoms with van der Waals surface area (Å²) >= 11 is 3.43. The molecule has 5 heteroatoms. The van der Waals surface area contributed by atoms with Gasteiger partial charge in [0.15, 0.2) is 0 Å². The molecule has 0 saturated carbocycles. The lowest BCUT2D eigenvalue weighted by Gasteiger charge is -2.37. The smallest absolute Gasteiger partial charge is 0.248 e. The molecule has 3 nitrogen and oxygen atoms in total. The highest BCUT2D eigenvalue weighted by atomic mass is 127. The van der Waals surface area contributed by atoms with Crippen molar-refractivity contribution < 1.29 is 33.3 Å². The van der Waals surface area contributed by atoms with Gasteiger partial charge in [-0.1, -0.05) is 40.2 Å². The number of halogens is 2. The molecular weight excluding hydrogens is 515 g/mol. The molecule has 1 aliphatic heterocycles. The summed E-state index contributed by atoms with van der Waals surface area (Å²) in [5.74, 6) is -0.118. The van der Waals surface area contributed by atoms with Gasteiger partial charge in [0.1, 0.15) is 6.54 Å². The summed E-state index contributed by atoms with van der Waals surface area (Å²) in [6.45, 7) is 3.59. The topological polar surface area (TPSA) is 29.1 Å². The summed E-state index contributed by atoms with van der Waals surface area (Å²) in [6, 6.07) is 16.1. The van der Waals surface area contributed by atoms with E-state index in [9.17, 15) is 4.79 Å². The van der Waals surface area contributed by atoms with E-state index in [-0.39, 0.29) is 29.9 Å². The van der Waals surface area contributed by atoms with E-state index < -0.39 is 0 Å². The highest BCUT2D eigenvalue weighted by Crippen LogP contribution is 2.21. The monoisotopic (exact) mass is 540 g/mol. The van der Waals surface area contributed by atoms with Crippen LogP contribution in [0.25, 0.3) is 6.08 Å². The fourth-order valence-electron chi connectivity index (χ4n) is 3.53. The van der Waals surface area contributed by atoms with E-state index >= 15 is 0 Å². The molecule has 0 radical (unpaired) electrons. The number of benzene rings is 2. The Bertz CT molecular complexity index is 783. The molecule has 1 N–H and O–H groups in total. The number of hydrogen-bond donors (Lipinski definition) is 1. The quantitative estimate of drug-likeness (QED) is 0.352. The van der Waals surface area contributed by atoms with Crippen LogP contribution in [0.4, 0.5) is 5.69 Å². The predicted octanol–water partition coefficient (Wildman–Crippen LogP) is 2.24. The molecule has 1 saturated heterocycles. The second-order valence-corrected chi connectivity index (χ2v) is 8.28. The first-order valence-corrected chi connectivity index (χ1v) is 9.99. The molecule has 1 aliphatic rings. The van der Waals surface area contributed by atoms with Gasteiger partial charge < -0.3 is 33.8 Å². The second-order valence-electron chi connectivity index (χ2n) is 7.36. The van der Waals surface area contributed by atoms with Crippen molar-refractivity contribution in [3.8, 4) is 0 Å². The van der Waals surface area contributed by atoms with Crippen molar-refractivity contribution in [3.05, 3.63) is 70.2 Å². The number of amides is 1. The van der Waals surface area contributed by atoms with Crippen LogP contribution in [-0.2, 0) is 11.3 Å². The van der Waals surface area contributed by atoms with Gasteiger partial charge in [-0.2, -0.15) is 0 Å². The van der Waals surface area contributed by atoms with E-state index in [0.717, 1.165) is 26.8 Å². The van der Waals surface area contributed by atoms with E-state index in [2.05, 4.69) is 40.4 Å². The fraction of sp³-hybridized carbons (Fsp3) is 0.318. The molecular formula is C22H26BrIN2O. The number of hydrogen-bond acceptors (Lipinski definition) is 1. The van der Waals surface area contributed by atoms with Crippen molar-refractivity contribution in [2.45, 2.75) is 25.8 Å². The summed E-state index contributed by atoms with van der Waals surface area (Å²) in [7, 11) is 2.35. The largest absolute Gasteiger partial charge is 1.00 e. The summed E-state index contributed by atoms with van der Waals surface area (Å²) in [5, 5.41) is 2.92. The first kappa shape index (κ1) is 22.1. The van der Waals surface area contributed by atoms with Crippen LogP contribution in [-0.4, -0.2) is 30.5 Å². The number of carbonyl (C=O) groups excluding carboxylic acids is 1. The first-order chi connectivity index (χ1) is 12.5. The molecule has 2 aromatic carbocycles. The third kappa shape index (κ3) is 7.05. The zero-order chi connectivity index (χ0) is 18.4. The Kier molecular flexibility index (Phi) is 8.51. The molecule has 2 aromatic rings. The third-order valence-electron chi connectivity index (χ3n) is 4.96. The average molecular weight is 541 g/mol. The van der Waals surface area contributed by atoms with E-state index in [0.29, 0.717) is 0 Å². The number of likely N-dealkylation sites (tertiary alicyclic amines) is 1. The van der Waals surface area contributed by atoms with Gasteiger partial charge in [-0.05, 0) is 55.2 Å². The molecule has 0 unspecified atom stereocenters. The van der Waals surface area contributed by atoms with Gasteiger partial charge in [-0.25, -0.2) is 0 Å². The van der Waals surface area contributed by atoms with Crippen LogP contribution in [0.3, 0.4) is 0 Å². The minimum atomic E-state index is -0.118. The summed E-state index contributed by atoms with van der Waals surface area (Å²) in [5.41, 5.74) is 3.15. The van der Waals surface area contributed by atoms with E-state index in [1.165, 1.54) is 37.9 Å². The van der Waals surface area contributed by atoms with Crippen LogP contribution in [0.1, 0.15) is 30.4 Å². The van der Waals surface area contributed by atoms with E-state index in [4.69, 9.17) is 0 Å². The Balaban J connectivity index is 0.00000261. The van der Waals surface area contributed by atoms with Gasteiger partial charge in [0.05, 0.1) is 20.1 Å². The number of nitrogens with one attached hydrogen (secondary N) is 1. The van der Waals surface area contributed by atoms with Gasteiger partial charge in [-0.15, -0.1) is 0 Å².